The molecule has 2 aromatic rings. The van der Waals surface area contributed by atoms with Crippen LogP contribution in [-0.2, 0) is 17.5 Å². The summed E-state index contributed by atoms with van der Waals surface area (Å²) in [5, 5.41) is 26.7. The van der Waals surface area contributed by atoms with Crippen molar-refractivity contribution in [2.24, 2.45) is 5.92 Å². The fraction of sp³-hybridized carbons (Fsp3) is 0.364. The maximum atomic E-state index is 13.3. The monoisotopic (exact) mass is 465 g/mol. The molecule has 1 heterocycles. The second kappa shape index (κ2) is 8.68. The highest BCUT2D eigenvalue weighted by Crippen LogP contribution is 2.38. The molecule has 170 valence electrons. The number of nitrogens with zero attached hydrogens (tertiary/aromatic N) is 1. The first-order valence-corrected chi connectivity index (χ1v) is 10.5. The molecule has 1 amide bonds. The Morgan fingerprint density at radius 1 is 1.16 bits per heavy atom. The van der Waals surface area contributed by atoms with E-state index in [1.165, 1.54) is 17.0 Å². The Hall–Kier alpha value is -2.69. The van der Waals surface area contributed by atoms with E-state index in [4.69, 9.17) is 12.2 Å². The summed E-state index contributed by atoms with van der Waals surface area (Å²) < 4.78 is 39.8. The number of aliphatic hydroxyl groups excluding tert-OH is 2. The van der Waals surface area contributed by atoms with Crippen molar-refractivity contribution in [2.45, 2.75) is 43.4 Å². The molecule has 0 radical (unpaired) electrons. The van der Waals surface area contributed by atoms with Gasteiger partial charge in [-0.25, -0.2) is 0 Å². The molecule has 4 rings (SSSR count). The third kappa shape index (κ3) is 4.30. The van der Waals surface area contributed by atoms with Gasteiger partial charge in [-0.05, 0) is 42.4 Å². The largest absolute Gasteiger partial charge is 0.416 e. The molecule has 0 bridgehead atoms. The van der Waals surface area contributed by atoms with Gasteiger partial charge in [0.05, 0.1) is 29.7 Å². The van der Waals surface area contributed by atoms with Crippen LogP contribution in [0.3, 0.4) is 0 Å². The van der Waals surface area contributed by atoms with E-state index in [9.17, 15) is 28.2 Å². The fourth-order valence-corrected chi connectivity index (χ4v) is 4.75. The van der Waals surface area contributed by atoms with E-state index < -0.39 is 41.9 Å². The summed E-state index contributed by atoms with van der Waals surface area (Å²) in [6.45, 7) is 0.258. The number of rotatable bonds is 4. The number of carbonyl (C=O) groups excluding carboxylic acids is 1. The zero-order valence-electron chi connectivity index (χ0n) is 16.8. The minimum absolute atomic E-state index is 0.0529. The Balaban J connectivity index is 1.64. The molecule has 2 fully saturated rings. The van der Waals surface area contributed by atoms with Gasteiger partial charge < -0.3 is 25.7 Å². The molecular weight excluding hydrogens is 443 g/mol. The summed E-state index contributed by atoms with van der Waals surface area (Å²) in [6.07, 6.45) is -7.01. The van der Waals surface area contributed by atoms with E-state index in [2.05, 4.69) is 10.6 Å². The number of nitrogens with one attached hydrogen (secondary N) is 2. The lowest BCUT2D eigenvalue weighted by Crippen LogP contribution is -2.60. The Kier molecular flexibility index (Phi) is 6.11. The number of fused-ring (bicyclic) bond motifs is 1. The predicted molar refractivity (Wildman–Crippen MR) is 116 cm³/mol. The normalized spacial score (nSPS) is 27.6. The van der Waals surface area contributed by atoms with Gasteiger partial charge in [0.25, 0.3) is 0 Å². The van der Waals surface area contributed by atoms with Crippen molar-refractivity contribution in [3.63, 3.8) is 0 Å². The quantitative estimate of drug-likeness (QED) is 0.519. The molecule has 1 saturated carbocycles. The molecule has 2 aliphatic rings. The van der Waals surface area contributed by atoms with Crippen molar-refractivity contribution < 1.29 is 28.2 Å². The molecule has 1 aliphatic carbocycles. The summed E-state index contributed by atoms with van der Waals surface area (Å²) in [4.78, 5) is 14.5. The van der Waals surface area contributed by atoms with E-state index in [-0.39, 0.29) is 29.7 Å². The van der Waals surface area contributed by atoms with Crippen LogP contribution >= 0.6 is 12.2 Å². The zero-order chi connectivity index (χ0) is 23.0. The topological polar surface area (TPSA) is 84.8 Å². The van der Waals surface area contributed by atoms with Crippen molar-refractivity contribution in [3.05, 3.63) is 65.7 Å². The van der Waals surface area contributed by atoms with Gasteiger partial charge in [0, 0.05) is 12.2 Å². The van der Waals surface area contributed by atoms with Gasteiger partial charge in [-0.15, -0.1) is 0 Å². The SMILES string of the molecule is O=C(NCc1ccccc1)[C@@H]1C[C@@H](O)[C@H](O)[C@@H]2NC(=S)N(c3cccc(C(F)(F)F)c3)[C@@H]21. The molecular formula is C22H22F3N3O3S. The molecule has 0 unspecified atom stereocenters. The van der Waals surface area contributed by atoms with Crippen LogP contribution in [0.5, 0.6) is 0 Å². The summed E-state index contributed by atoms with van der Waals surface area (Å²) in [5.74, 6) is -1.19. The van der Waals surface area contributed by atoms with Crippen LogP contribution in [0, 0.1) is 5.92 Å². The summed E-state index contributed by atoms with van der Waals surface area (Å²) in [5.41, 5.74) is 0.195. The van der Waals surface area contributed by atoms with Crippen LogP contribution in [0.15, 0.2) is 54.6 Å². The second-order valence-corrected chi connectivity index (χ2v) is 8.37. The van der Waals surface area contributed by atoms with E-state index in [0.717, 1.165) is 17.7 Å². The van der Waals surface area contributed by atoms with Crippen molar-refractivity contribution in [3.8, 4) is 0 Å². The number of amides is 1. The van der Waals surface area contributed by atoms with Gasteiger partial charge in [-0.3, -0.25) is 4.79 Å². The van der Waals surface area contributed by atoms with E-state index in [1.807, 2.05) is 30.3 Å². The molecule has 0 spiro atoms. The standard InChI is InChI=1S/C22H22F3N3O3S/c23-22(24,25)13-7-4-8-14(9-13)28-18-15(10-16(29)19(30)17(18)27-21(28)32)20(31)26-11-12-5-2-1-3-6-12/h1-9,15-19,29-30H,10-11H2,(H,26,31)(H,27,32)/t15-,16-,17-,18-,19+/m1/s1. The molecule has 6 nitrogen and oxygen atoms in total. The number of alkyl halides is 3. The van der Waals surface area contributed by atoms with Crippen molar-refractivity contribution in [2.75, 3.05) is 4.90 Å². The molecule has 5 atom stereocenters. The fourth-order valence-electron chi connectivity index (χ4n) is 4.39. The van der Waals surface area contributed by atoms with Crippen molar-refractivity contribution in [1.82, 2.24) is 10.6 Å². The first-order chi connectivity index (χ1) is 15.2. The van der Waals surface area contributed by atoms with Crippen LogP contribution in [0.25, 0.3) is 0 Å². The minimum atomic E-state index is -4.54. The van der Waals surface area contributed by atoms with Gasteiger partial charge in [-0.2, -0.15) is 13.2 Å². The number of thiocarbonyl (C=S) groups is 1. The Bertz CT molecular complexity index is 1000. The van der Waals surface area contributed by atoms with Crippen molar-refractivity contribution in [1.29, 1.82) is 0 Å². The van der Waals surface area contributed by atoms with Crippen LogP contribution in [0.2, 0.25) is 0 Å². The number of hydrogen-bond acceptors (Lipinski definition) is 4. The Morgan fingerprint density at radius 2 is 1.88 bits per heavy atom. The lowest BCUT2D eigenvalue weighted by molar-refractivity contribution is -0.137. The number of hydrogen-bond donors (Lipinski definition) is 4. The molecule has 32 heavy (non-hydrogen) atoms. The summed E-state index contributed by atoms with van der Waals surface area (Å²) >= 11 is 5.36. The first kappa shape index (κ1) is 22.5. The van der Waals surface area contributed by atoms with Crippen LogP contribution < -0.4 is 15.5 Å². The lowest BCUT2D eigenvalue weighted by atomic mass is 9.77. The van der Waals surface area contributed by atoms with E-state index >= 15 is 0 Å². The van der Waals surface area contributed by atoms with E-state index in [1.54, 1.807) is 0 Å². The third-order valence-electron chi connectivity index (χ3n) is 5.94. The summed E-state index contributed by atoms with van der Waals surface area (Å²) in [7, 11) is 0. The maximum absolute atomic E-state index is 13.3. The summed E-state index contributed by atoms with van der Waals surface area (Å²) in [6, 6.07) is 12.3. The van der Waals surface area contributed by atoms with Gasteiger partial charge in [-0.1, -0.05) is 36.4 Å². The Labute approximate surface area is 188 Å². The maximum Gasteiger partial charge on any atom is 0.416 e. The molecule has 0 aromatic heterocycles. The number of anilines is 1. The lowest BCUT2D eigenvalue weighted by Gasteiger charge is -2.41. The molecule has 4 N–H and O–H groups in total. The van der Waals surface area contributed by atoms with Gasteiger partial charge in [0.15, 0.2) is 5.11 Å². The number of aliphatic hydroxyl groups is 2. The number of benzene rings is 2. The molecule has 1 aliphatic heterocycles. The highest BCUT2D eigenvalue weighted by molar-refractivity contribution is 7.80. The average Bonchev–Trinajstić information content (AvgIpc) is 3.12. The van der Waals surface area contributed by atoms with Gasteiger partial charge >= 0.3 is 6.18 Å². The molecule has 10 heteroatoms. The van der Waals surface area contributed by atoms with E-state index in [0.29, 0.717) is 0 Å². The van der Waals surface area contributed by atoms with Crippen LogP contribution in [0.1, 0.15) is 17.5 Å². The van der Waals surface area contributed by atoms with Crippen molar-refractivity contribution >= 4 is 28.9 Å². The van der Waals surface area contributed by atoms with Crippen LogP contribution in [-0.4, -0.2) is 45.5 Å². The second-order valence-electron chi connectivity index (χ2n) is 7.99. The number of halogens is 3. The smallest absolute Gasteiger partial charge is 0.390 e. The highest BCUT2D eigenvalue weighted by atomic mass is 32.1. The van der Waals surface area contributed by atoms with Gasteiger partial charge in [0.2, 0.25) is 5.91 Å². The Morgan fingerprint density at radius 3 is 2.56 bits per heavy atom. The van der Waals surface area contributed by atoms with Gasteiger partial charge in [0.1, 0.15) is 6.10 Å². The zero-order valence-corrected chi connectivity index (χ0v) is 17.6. The predicted octanol–water partition coefficient (Wildman–Crippen LogP) is 2.20. The highest BCUT2D eigenvalue weighted by Gasteiger charge is 2.54. The van der Waals surface area contributed by atoms with Crippen LogP contribution in [0.4, 0.5) is 18.9 Å². The first-order valence-electron chi connectivity index (χ1n) is 10.1. The number of carbonyl (C=O) groups is 1. The third-order valence-corrected chi connectivity index (χ3v) is 6.26. The minimum Gasteiger partial charge on any atom is -0.390 e. The molecule has 2 aromatic carbocycles. The molecule has 1 saturated heterocycles. The average molecular weight is 465 g/mol.